The second kappa shape index (κ2) is 9.28. The standard InChI is InChI=1S/C22H31N7O/c1-3-19-26-20-11-10-18(15-29(20)27-19)25-22(23-2)24-12-6-9-21(30)28-13-16-7-4-5-8-17(16)14-28/h4-5,7-8,18H,3,6,9-15H2,1-2H3,(H2,23,24,25). The molecule has 0 saturated heterocycles. The van der Waals surface area contributed by atoms with Crippen molar-refractivity contribution in [2.75, 3.05) is 13.6 Å². The Labute approximate surface area is 177 Å². The number of hydrogen-bond donors (Lipinski definition) is 2. The Balaban J connectivity index is 1.18. The van der Waals surface area contributed by atoms with Crippen molar-refractivity contribution in [1.82, 2.24) is 30.3 Å². The molecule has 1 aromatic heterocycles. The first-order chi connectivity index (χ1) is 14.7. The second-order valence-corrected chi connectivity index (χ2v) is 7.98. The van der Waals surface area contributed by atoms with Gasteiger partial charge in [-0.05, 0) is 24.0 Å². The molecule has 30 heavy (non-hydrogen) atoms. The van der Waals surface area contributed by atoms with Crippen molar-refractivity contribution >= 4 is 11.9 Å². The van der Waals surface area contributed by atoms with Gasteiger partial charge in [-0.2, -0.15) is 5.10 Å². The highest BCUT2D eigenvalue weighted by atomic mass is 16.2. The summed E-state index contributed by atoms with van der Waals surface area (Å²) in [6.45, 7) is 5.06. The normalized spacial score (nSPS) is 18.1. The number of nitrogens with one attached hydrogen (secondary N) is 2. The topological polar surface area (TPSA) is 87.4 Å². The van der Waals surface area contributed by atoms with Gasteiger partial charge >= 0.3 is 0 Å². The van der Waals surface area contributed by atoms with E-state index in [1.54, 1.807) is 7.05 Å². The first-order valence-corrected chi connectivity index (χ1v) is 10.9. The molecule has 2 aromatic rings. The average molecular weight is 410 g/mol. The molecule has 160 valence electrons. The third-order valence-electron chi connectivity index (χ3n) is 5.84. The van der Waals surface area contributed by atoms with Crippen LogP contribution in [0.1, 0.15) is 49.0 Å². The van der Waals surface area contributed by atoms with Gasteiger partial charge in [0.15, 0.2) is 11.8 Å². The van der Waals surface area contributed by atoms with Crippen LogP contribution in [0.25, 0.3) is 0 Å². The summed E-state index contributed by atoms with van der Waals surface area (Å²) in [5.74, 6) is 2.99. The third-order valence-corrected chi connectivity index (χ3v) is 5.84. The van der Waals surface area contributed by atoms with Gasteiger partial charge in [-0.3, -0.25) is 9.79 Å². The second-order valence-electron chi connectivity index (χ2n) is 7.98. The molecule has 2 aliphatic rings. The molecular weight excluding hydrogens is 378 g/mol. The number of benzene rings is 1. The highest BCUT2D eigenvalue weighted by Gasteiger charge is 2.23. The van der Waals surface area contributed by atoms with Crippen molar-refractivity contribution in [3.63, 3.8) is 0 Å². The molecule has 8 nitrogen and oxygen atoms in total. The smallest absolute Gasteiger partial charge is 0.223 e. The maximum Gasteiger partial charge on any atom is 0.223 e. The first kappa shape index (κ1) is 20.4. The fourth-order valence-corrected chi connectivity index (χ4v) is 4.13. The molecule has 3 heterocycles. The van der Waals surface area contributed by atoms with Crippen LogP contribution in [0.2, 0.25) is 0 Å². The lowest BCUT2D eigenvalue weighted by molar-refractivity contribution is -0.131. The Morgan fingerprint density at radius 1 is 1.27 bits per heavy atom. The number of aromatic nitrogens is 3. The Hall–Kier alpha value is -2.90. The lowest BCUT2D eigenvalue weighted by atomic mass is 10.1. The van der Waals surface area contributed by atoms with Gasteiger partial charge in [0.2, 0.25) is 5.91 Å². The van der Waals surface area contributed by atoms with Crippen molar-refractivity contribution in [3.8, 4) is 0 Å². The molecule has 0 bridgehead atoms. The molecule has 1 unspecified atom stereocenters. The Kier molecular flexibility index (Phi) is 6.30. The lowest BCUT2D eigenvalue weighted by Crippen LogP contribution is -2.47. The predicted molar refractivity (Wildman–Crippen MR) is 116 cm³/mol. The van der Waals surface area contributed by atoms with Gasteiger partial charge in [-0.25, -0.2) is 9.67 Å². The molecule has 1 atom stereocenters. The number of nitrogens with zero attached hydrogens (tertiary/aromatic N) is 5. The van der Waals surface area contributed by atoms with E-state index in [0.717, 1.165) is 62.9 Å². The number of fused-ring (bicyclic) bond motifs is 2. The van der Waals surface area contributed by atoms with Crippen molar-refractivity contribution in [3.05, 3.63) is 47.0 Å². The number of carbonyl (C=O) groups excluding carboxylic acids is 1. The van der Waals surface area contributed by atoms with E-state index in [-0.39, 0.29) is 11.9 Å². The van der Waals surface area contributed by atoms with Crippen LogP contribution in [-0.4, -0.2) is 51.2 Å². The van der Waals surface area contributed by atoms with Crippen LogP contribution in [0.15, 0.2) is 29.3 Å². The van der Waals surface area contributed by atoms with Crippen LogP contribution >= 0.6 is 0 Å². The SMILES string of the molecule is CCc1nc2n(n1)CC(NC(=NC)NCCCC(=O)N1Cc3ccccc3C1)CC2. The van der Waals surface area contributed by atoms with Gasteiger partial charge in [0, 0.05) is 52.0 Å². The number of aliphatic imine (C=N–C) groups is 1. The summed E-state index contributed by atoms with van der Waals surface area (Å²) >= 11 is 0. The summed E-state index contributed by atoms with van der Waals surface area (Å²) in [6, 6.07) is 8.56. The van der Waals surface area contributed by atoms with E-state index in [0.29, 0.717) is 13.0 Å². The summed E-state index contributed by atoms with van der Waals surface area (Å²) < 4.78 is 2.01. The molecule has 4 rings (SSSR count). The number of hydrogen-bond acceptors (Lipinski definition) is 4. The van der Waals surface area contributed by atoms with E-state index in [1.165, 1.54) is 11.1 Å². The fourth-order valence-electron chi connectivity index (χ4n) is 4.13. The third kappa shape index (κ3) is 4.63. The number of rotatable bonds is 6. The minimum Gasteiger partial charge on any atom is -0.356 e. The highest BCUT2D eigenvalue weighted by Crippen LogP contribution is 2.22. The number of aryl methyl sites for hydroxylation is 2. The number of guanidine groups is 1. The van der Waals surface area contributed by atoms with E-state index in [1.807, 2.05) is 21.7 Å². The maximum absolute atomic E-state index is 12.5. The van der Waals surface area contributed by atoms with Gasteiger partial charge in [0.05, 0.1) is 6.54 Å². The van der Waals surface area contributed by atoms with E-state index in [2.05, 4.69) is 44.8 Å². The average Bonchev–Trinajstić information content (AvgIpc) is 3.39. The van der Waals surface area contributed by atoms with Crippen LogP contribution in [0.5, 0.6) is 0 Å². The molecule has 8 heteroatoms. The number of carbonyl (C=O) groups is 1. The van der Waals surface area contributed by atoms with Crippen LogP contribution in [0.4, 0.5) is 0 Å². The highest BCUT2D eigenvalue weighted by molar-refractivity contribution is 5.80. The van der Waals surface area contributed by atoms with Crippen LogP contribution in [-0.2, 0) is 37.3 Å². The number of amides is 1. The summed E-state index contributed by atoms with van der Waals surface area (Å²) in [5, 5.41) is 11.4. The molecule has 0 saturated carbocycles. The van der Waals surface area contributed by atoms with Gasteiger partial charge in [0.1, 0.15) is 5.82 Å². The van der Waals surface area contributed by atoms with Crippen molar-refractivity contribution < 1.29 is 4.79 Å². The van der Waals surface area contributed by atoms with Gasteiger partial charge in [-0.1, -0.05) is 31.2 Å². The molecule has 0 radical (unpaired) electrons. The van der Waals surface area contributed by atoms with Gasteiger partial charge in [-0.15, -0.1) is 0 Å². The molecule has 2 N–H and O–H groups in total. The monoisotopic (exact) mass is 409 g/mol. The molecule has 0 aliphatic carbocycles. The van der Waals surface area contributed by atoms with Gasteiger partial charge in [0.25, 0.3) is 0 Å². The Morgan fingerprint density at radius 2 is 2.03 bits per heavy atom. The van der Waals surface area contributed by atoms with Crippen molar-refractivity contribution in [1.29, 1.82) is 0 Å². The Morgan fingerprint density at radius 3 is 2.73 bits per heavy atom. The minimum atomic E-state index is 0.216. The van der Waals surface area contributed by atoms with Gasteiger partial charge < -0.3 is 15.5 Å². The van der Waals surface area contributed by atoms with Crippen LogP contribution in [0, 0.1) is 0 Å². The summed E-state index contributed by atoms with van der Waals surface area (Å²) in [7, 11) is 1.78. The zero-order valence-corrected chi connectivity index (χ0v) is 17.9. The van der Waals surface area contributed by atoms with Crippen molar-refractivity contribution in [2.45, 2.75) is 64.7 Å². The molecule has 0 fully saturated rings. The zero-order chi connectivity index (χ0) is 20.9. The van der Waals surface area contributed by atoms with E-state index >= 15 is 0 Å². The van der Waals surface area contributed by atoms with Crippen LogP contribution in [0.3, 0.4) is 0 Å². The lowest BCUT2D eigenvalue weighted by Gasteiger charge is -2.25. The van der Waals surface area contributed by atoms with E-state index < -0.39 is 0 Å². The largest absolute Gasteiger partial charge is 0.356 e. The summed E-state index contributed by atoms with van der Waals surface area (Å²) in [5.41, 5.74) is 2.53. The molecule has 0 spiro atoms. The predicted octanol–water partition coefficient (Wildman–Crippen LogP) is 1.64. The first-order valence-electron chi connectivity index (χ1n) is 10.9. The van der Waals surface area contributed by atoms with E-state index in [9.17, 15) is 4.79 Å². The maximum atomic E-state index is 12.5. The Bertz CT molecular complexity index is 895. The quantitative estimate of drug-likeness (QED) is 0.430. The summed E-state index contributed by atoms with van der Waals surface area (Å²) in [4.78, 5) is 23.4. The zero-order valence-electron chi connectivity index (χ0n) is 17.9. The molecule has 1 aromatic carbocycles. The summed E-state index contributed by atoms with van der Waals surface area (Å²) in [6.07, 6.45) is 4.13. The van der Waals surface area contributed by atoms with E-state index in [4.69, 9.17) is 0 Å². The van der Waals surface area contributed by atoms with Crippen LogP contribution < -0.4 is 10.6 Å². The fraction of sp³-hybridized carbons (Fsp3) is 0.545. The molecule has 1 amide bonds. The molecule has 2 aliphatic heterocycles. The van der Waals surface area contributed by atoms with Crippen molar-refractivity contribution in [2.24, 2.45) is 4.99 Å². The molecular formula is C22H31N7O. The minimum absolute atomic E-state index is 0.216.